The normalized spacial score (nSPS) is 10.3. The number of halogens is 1. The first-order valence-electron chi connectivity index (χ1n) is 5.72. The number of H-pyrrole nitrogens is 1. The summed E-state index contributed by atoms with van der Waals surface area (Å²) >= 11 is 5.95. The number of aromatic amines is 1. The van der Waals surface area contributed by atoms with Crippen LogP contribution in [0, 0.1) is 6.92 Å². The first-order valence-corrected chi connectivity index (χ1v) is 6.10. The molecule has 1 aromatic heterocycles. The fourth-order valence-electron chi connectivity index (χ4n) is 1.66. The van der Waals surface area contributed by atoms with Crippen LogP contribution in [0.5, 0.6) is 0 Å². The standard InChI is InChI=1S/C13H14ClN3O2/c1-8-15-6-10(17-8)7-16-9-3-4-12(14)11(5-9)13(18)19-2/h3-6,16H,7H2,1-2H3,(H,15,17). The molecular weight excluding hydrogens is 266 g/mol. The summed E-state index contributed by atoms with van der Waals surface area (Å²) < 4.78 is 4.67. The Morgan fingerprint density at radius 3 is 2.95 bits per heavy atom. The molecular formula is C13H14ClN3O2. The van der Waals surface area contributed by atoms with E-state index in [1.807, 2.05) is 6.92 Å². The Bertz CT molecular complexity index is 595. The average Bonchev–Trinajstić information content (AvgIpc) is 2.83. The van der Waals surface area contributed by atoms with Crippen molar-refractivity contribution < 1.29 is 9.53 Å². The third kappa shape index (κ3) is 3.26. The van der Waals surface area contributed by atoms with Gasteiger partial charge in [0.25, 0.3) is 0 Å². The number of aromatic nitrogens is 2. The number of benzene rings is 1. The van der Waals surface area contributed by atoms with Gasteiger partial charge in [0.1, 0.15) is 5.82 Å². The zero-order valence-electron chi connectivity index (χ0n) is 10.7. The lowest BCUT2D eigenvalue weighted by Gasteiger charge is -2.08. The number of nitrogens with one attached hydrogen (secondary N) is 2. The number of anilines is 1. The second-order valence-corrected chi connectivity index (χ2v) is 4.44. The van der Waals surface area contributed by atoms with Crippen molar-refractivity contribution in [2.75, 3.05) is 12.4 Å². The lowest BCUT2D eigenvalue weighted by molar-refractivity contribution is 0.0601. The fourth-order valence-corrected chi connectivity index (χ4v) is 1.86. The Morgan fingerprint density at radius 2 is 2.32 bits per heavy atom. The second-order valence-electron chi connectivity index (χ2n) is 4.03. The van der Waals surface area contributed by atoms with Gasteiger partial charge in [0.05, 0.1) is 36.1 Å². The number of carbonyl (C=O) groups excluding carboxylic acids is 1. The molecule has 0 saturated heterocycles. The maximum atomic E-state index is 11.5. The number of methoxy groups -OCH3 is 1. The van der Waals surface area contributed by atoms with E-state index in [4.69, 9.17) is 11.6 Å². The summed E-state index contributed by atoms with van der Waals surface area (Å²) in [4.78, 5) is 18.7. The van der Waals surface area contributed by atoms with Gasteiger partial charge >= 0.3 is 5.97 Å². The van der Waals surface area contributed by atoms with Crippen LogP contribution in [0.15, 0.2) is 24.4 Å². The molecule has 0 saturated carbocycles. The van der Waals surface area contributed by atoms with Gasteiger partial charge in [0, 0.05) is 5.69 Å². The van der Waals surface area contributed by atoms with Gasteiger partial charge in [-0.15, -0.1) is 0 Å². The van der Waals surface area contributed by atoms with E-state index >= 15 is 0 Å². The van der Waals surface area contributed by atoms with E-state index in [0.29, 0.717) is 17.1 Å². The number of carbonyl (C=O) groups is 1. The van der Waals surface area contributed by atoms with Crippen LogP contribution in [0.25, 0.3) is 0 Å². The van der Waals surface area contributed by atoms with Crippen molar-refractivity contribution in [2.45, 2.75) is 13.5 Å². The molecule has 0 aliphatic heterocycles. The predicted molar refractivity (Wildman–Crippen MR) is 73.4 cm³/mol. The fraction of sp³-hybridized carbons (Fsp3) is 0.231. The molecule has 0 radical (unpaired) electrons. The number of imidazole rings is 1. The number of hydrogen-bond donors (Lipinski definition) is 2. The van der Waals surface area contributed by atoms with Crippen LogP contribution in [0.1, 0.15) is 21.9 Å². The van der Waals surface area contributed by atoms with Gasteiger partial charge in [0.15, 0.2) is 0 Å². The quantitative estimate of drug-likeness (QED) is 0.845. The minimum Gasteiger partial charge on any atom is -0.465 e. The van der Waals surface area contributed by atoms with Gasteiger partial charge in [0.2, 0.25) is 0 Å². The molecule has 0 aliphatic rings. The van der Waals surface area contributed by atoms with Crippen LogP contribution in [0.2, 0.25) is 5.02 Å². The second kappa shape index (κ2) is 5.75. The Morgan fingerprint density at radius 1 is 1.53 bits per heavy atom. The molecule has 1 aromatic carbocycles. The first-order chi connectivity index (χ1) is 9.10. The maximum Gasteiger partial charge on any atom is 0.339 e. The predicted octanol–water partition coefficient (Wildman–Crippen LogP) is 2.77. The molecule has 0 amide bonds. The maximum absolute atomic E-state index is 11.5. The lowest BCUT2D eigenvalue weighted by atomic mass is 10.2. The van der Waals surface area contributed by atoms with Crippen LogP contribution >= 0.6 is 11.6 Å². The van der Waals surface area contributed by atoms with Crippen molar-refractivity contribution in [2.24, 2.45) is 0 Å². The third-order valence-electron chi connectivity index (χ3n) is 2.61. The lowest BCUT2D eigenvalue weighted by Crippen LogP contribution is -2.05. The SMILES string of the molecule is COC(=O)c1cc(NCc2cnc(C)[nH]2)ccc1Cl. The summed E-state index contributed by atoms with van der Waals surface area (Å²) in [6.45, 7) is 2.48. The molecule has 0 unspecified atom stereocenters. The molecule has 0 spiro atoms. The molecule has 1 heterocycles. The van der Waals surface area contributed by atoms with Gasteiger partial charge < -0.3 is 15.0 Å². The average molecular weight is 280 g/mol. The molecule has 0 atom stereocenters. The summed E-state index contributed by atoms with van der Waals surface area (Å²) in [7, 11) is 1.33. The number of esters is 1. The molecule has 2 N–H and O–H groups in total. The van der Waals surface area contributed by atoms with Crippen molar-refractivity contribution in [1.82, 2.24) is 9.97 Å². The van der Waals surface area contributed by atoms with Gasteiger partial charge in [-0.3, -0.25) is 0 Å². The summed E-state index contributed by atoms with van der Waals surface area (Å²) in [6.07, 6.45) is 1.76. The zero-order valence-corrected chi connectivity index (χ0v) is 11.4. The Labute approximate surface area is 116 Å². The molecule has 0 aliphatic carbocycles. The van der Waals surface area contributed by atoms with E-state index in [0.717, 1.165) is 17.2 Å². The number of nitrogens with zero attached hydrogens (tertiary/aromatic N) is 1. The number of hydrogen-bond acceptors (Lipinski definition) is 4. The van der Waals surface area contributed by atoms with Crippen LogP contribution in [-0.2, 0) is 11.3 Å². The summed E-state index contributed by atoms with van der Waals surface area (Å²) in [5.41, 5.74) is 2.10. The highest BCUT2D eigenvalue weighted by molar-refractivity contribution is 6.33. The monoisotopic (exact) mass is 279 g/mol. The topological polar surface area (TPSA) is 67.0 Å². The number of aryl methyl sites for hydroxylation is 1. The molecule has 2 rings (SSSR count). The van der Waals surface area contributed by atoms with Gasteiger partial charge in [-0.1, -0.05) is 11.6 Å². The molecule has 6 heteroatoms. The summed E-state index contributed by atoms with van der Waals surface area (Å²) in [6, 6.07) is 5.13. The summed E-state index contributed by atoms with van der Waals surface area (Å²) in [5.74, 6) is 0.411. The van der Waals surface area contributed by atoms with E-state index in [2.05, 4.69) is 20.0 Å². The molecule has 0 fully saturated rings. The number of ether oxygens (including phenoxy) is 1. The highest BCUT2D eigenvalue weighted by atomic mass is 35.5. The van der Waals surface area contributed by atoms with Crippen LogP contribution in [0.3, 0.4) is 0 Å². The van der Waals surface area contributed by atoms with E-state index in [1.54, 1.807) is 24.4 Å². The number of rotatable bonds is 4. The van der Waals surface area contributed by atoms with Crippen LogP contribution in [0.4, 0.5) is 5.69 Å². The van der Waals surface area contributed by atoms with E-state index < -0.39 is 5.97 Å². The highest BCUT2D eigenvalue weighted by Gasteiger charge is 2.11. The van der Waals surface area contributed by atoms with Crippen LogP contribution in [-0.4, -0.2) is 23.0 Å². The minimum atomic E-state index is -0.453. The van der Waals surface area contributed by atoms with Crippen molar-refractivity contribution in [3.63, 3.8) is 0 Å². The molecule has 5 nitrogen and oxygen atoms in total. The zero-order chi connectivity index (χ0) is 13.8. The largest absolute Gasteiger partial charge is 0.465 e. The van der Waals surface area contributed by atoms with Crippen LogP contribution < -0.4 is 5.32 Å². The Balaban J connectivity index is 2.10. The van der Waals surface area contributed by atoms with Crippen molar-refractivity contribution in [1.29, 1.82) is 0 Å². The Hall–Kier alpha value is -2.01. The van der Waals surface area contributed by atoms with Gasteiger partial charge in [-0.05, 0) is 25.1 Å². The molecule has 0 bridgehead atoms. The van der Waals surface area contributed by atoms with Gasteiger partial charge in [-0.2, -0.15) is 0 Å². The van der Waals surface area contributed by atoms with E-state index in [1.165, 1.54) is 7.11 Å². The minimum absolute atomic E-state index is 0.343. The van der Waals surface area contributed by atoms with E-state index in [9.17, 15) is 4.79 Å². The molecule has 19 heavy (non-hydrogen) atoms. The van der Waals surface area contributed by atoms with Gasteiger partial charge in [-0.25, -0.2) is 9.78 Å². The Kier molecular flexibility index (Phi) is 4.06. The summed E-state index contributed by atoms with van der Waals surface area (Å²) in [5, 5.41) is 3.55. The van der Waals surface area contributed by atoms with Crippen molar-refractivity contribution >= 4 is 23.3 Å². The first kappa shape index (κ1) is 13.4. The third-order valence-corrected chi connectivity index (χ3v) is 2.94. The highest BCUT2D eigenvalue weighted by Crippen LogP contribution is 2.21. The molecule has 100 valence electrons. The molecule has 2 aromatic rings. The smallest absolute Gasteiger partial charge is 0.339 e. The van der Waals surface area contributed by atoms with Crippen molar-refractivity contribution in [3.05, 3.63) is 46.5 Å². The van der Waals surface area contributed by atoms with E-state index in [-0.39, 0.29) is 0 Å². The van der Waals surface area contributed by atoms with Crippen molar-refractivity contribution in [3.8, 4) is 0 Å².